The van der Waals surface area contributed by atoms with E-state index in [0.29, 0.717) is 5.02 Å². The van der Waals surface area contributed by atoms with Crippen LogP contribution >= 0.6 is 11.6 Å². The van der Waals surface area contributed by atoms with Crippen LogP contribution in [0.3, 0.4) is 0 Å². The van der Waals surface area contributed by atoms with Gasteiger partial charge in [0.15, 0.2) is 0 Å². The van der Waals surface area contributed by atoms with E-state index in [1.807, 2.05) is 54.6 Å². The molecule has 128 valence electrons. The highest BCUT2D eigenvalue weighted by atomic mass is 35.5. The first-order valence-electron chi connectivity index (χ1n) is 8.79. The van der Waals surface area contributed by atoms with Gasteiger partial charge in [-0.3, -0.25) is 0 Å². The Morgan fingerprint density at radius 3 is 2.76 bits per heavy atom. The Hall–Kier alpha value is -1.94. The fourth-order valence-electron chi connectivity index (χ4n) is 3.61. The van der Waals surface area contributed by atoms with E-state index in [1.54, 1.807) is 0 Å². The number of pyridine rings is 1. The normalized spacial score (nSPS) is 19.0. The van der Waals surface area contributed by atoms with Crippen molar-refractivity contribution in [3.05, 3.63) is 65.2 Å². The van der Waals surface area contributed by atoms with Crippen LogP contribution in [-0.2, 0) is 0 Å². The summed E-state index contributed by atoms with van der Waals surface area (Å²) >= 11 is 6.15. The number of piperidine rings is 1. The molecule has 1 aliphatic rings. The third-order valence-electron chi connectivity index (χ3n) is 4.92. The molecule has 0 amide bonds. The third-order valence-corrected chi connectivity index (χ3v) is 5.15. The minimum Gasteiger partial charge on any atom is -0.387 e. The molecule has 0 saturated carbocycles. The average molecular weight is 353 g/mol. The topological polar surface area (TPSA) is 45.2 Å². The van der Waals surface area contributed by atoms with Gasteiger partial charge in [-0.15, -0.1) is 0 Å². The maximum absolute atomic E-state index is 11.1. The molecular weight excluding hydrogens is 332 g/mol. The van der Waals surface area contributed by atoms with Crippen LogP contribution in [0.5, 0.6) is 0 Å². The first-order valence-corrected chi connectivity index (χ1v) is 9.17. The van der Waals surface area contributed by atoms with Crippen molar-refractivity contribution < 1.29 is 5.11 Å². The van der Waals surface area contributed by atoms with Gasteiger partial charge >= 0.3 is 0 Å². The first-order chi connectivity index (χ1) is 12.2. The van der Waals surface area contributed by atoms with Gasteiger partial charge in [-0.2, -0.15) is 0 Å². The first kappa shape index (κ1) is 16.5. The maximum Gasteiger partial charge on any atom is 0.0950 e. The monoisotopic (exact) mass is 352 g/mol. The van der Waals surface area contributed by atoms with Gasteiger partial charge in [-0.05, 0) is 49.2 Å². The molecule has 0 spiro atoms. The van der Waals surface area contributed by atoms with E-state index in [2.05, 4.69) is 5.32 Å². The smallest absolute Gasteiger partial charge is 0.0950 e. The summed E-state index contributed by atoms with van der Waals surface area (Å²) in [7, 11) is 0. The lowest BCUT2D eigenvalue weighted by atomic mass is 9.92. The predicted octanol–water partition coefficient (Wildman–Crippen LogP) is 4.73. The lowest BCUT2D eigenvalue weighted by Gasteiger charge is -2.29. The van der Waals surface area contributed by atoms with Crippen LogP contribution in [0.4, 0.5) is 0 Å². The zero-order valence-corrected chi connectivity index (χ0v) is 14.7. The van der Waals surface area contributed by atoms with E-state index in [4.69, 9.17) is 16.6 Å². The number of hydrogen-bond acceptors (Lipinski definition) is 3. The molecule has 25 heavy (non-hydrogen) atoms. The number of rotatable bonds is 3. The van der Waals surface area contributed by atoms with Crippen molar-refractivity contribution in [1.82, 2.24) is 10.3 Å². The molecule has 0 radical (unpaired) electrons. The van der Waals surface area contributed by atoms with Crippen molar-refractivity contribution >= 4 is 22.5 Å². The highest BCUT2D eigenvalue weighted by Gasteiger charge is 2.25. The lowest BCUT2D eigenvalue weighted by Crippen LogP contribution is -2.38. The van der Waals surface area contributed by atoms with Crippen molar-refractivity contribution in [3.8, 4) is 11.3 Å². The minimum absolute atomic E-state index is 0.0896. The third kappa shape index (κ3) is 3.40. The lowest BCUT2D eigenvalue weighted by molar-refractivity contribution is 0.115. The Morgan fingerprint density at radius 2 is 1.96 bits per heavy atom. The van der Waals surface area contributed by atoms with Crippen LogP contribution in [0, 0.1) is 0 Å². The minimum atomic E-state index is -0.550. The number of fused-ring (bicyclic) bond motifs is 1. The van der Waals surface area contributed by atoms with Gasteiger partial charge in [0.05, 0.1) is 17.3 Å². The Morgan fingerprint density at radius 1 is 1.08 bits per heavy atom. The van der Waals surface area contributed by atoms with Crippen LogP contribution < -0.4 is 5.32 Å². The average Bonchev–Trinajstić information content (AvgIpc) is 2.67. The van der Waals surface area contributed by atoms with Gasteiger partial charge in [-0.1, -0.05) is 48.4 Å². The molecule has 2 aromatic carbocycles. The Kier molecular flexibility index (Phi) is 4.71. The molecule has 1 aromatic heterocycles. The molecule has 0 bridgehead atoms. The molecule has 0 aliphatic carbocycles. The Balaban J connectivity index is 1.84. The molecule has 1 aliphatic heterocycles. The Bertz CT molecular complexity index is 890. The maximum atomic E-state index is 11.1. The van der Waals surface area contributed by atoms with E-state index in [1.165, 1.54) is 6.42 Å². The number of nitrogens with zero attached hydrogens (tertiary/aromatic N) is 1. The number of hydrogen-bond donors (Lipinski definition) is 2. The fraction of sp³-hybridized carbons (Fsp3) is 0.286. The highest BCUT2D eigenvalue weighted by molar-refractivity contribution is 6.30. The summed E-state index contributed by atoms with van der Waals surface area (Å²) in [6.45, 7) is 0.964. The summed E-state index contributed by atoms with van der Waals surface area (Å²) < 4.78 is 0. The molecular formula is C21H21ClN2O. The highest BCUT2D eigenvalue weighted by Crippen LogP contribution is 2.32. The van der Waals surface area contributed by atoms with E-state index < -0.39 is 6.10 Å². The molecule has 4 rings (SSSR count). The van der Waals surface area contributed by atoms with Gasteiger partial charge in [-0.25, -0.2) is 4.98 Å². The number of halogens is 1. The molecule has 0 unspecified atom stereocenters. The molecule has 3 nitrogen and oxygen atoms in total. The standard InChI is InChI=1S/C21H21ClN2O/c22-15-7-5-6-14(12-15)20-13-17(16-8-1-2-9-18(16)24-20)21(25)19-10-3-4-11-23-19/h1-2,5-9,12-13,19,21,23,25H,3-4,10-11H2/t19-,21-/m1/s1. The van der Waals surface area contributed by atoms with Crippen molar-refractivity contribution in [2.24, 2.45) is 0 Å². The predicted molar refractivity (Wildman–Crippen MR) is 103 cm³/mol. The largest absolute Gasteiger partial charge is 0.387 e. The zero-order chi connectivity index (χ0) is 17.2. The van der Waals surface area contributed by atoms with Crippen molar-refractivity contribution in [2.75, 3.05) is 6.54 Å². The van der Waals surface area contributed by atoms with Crippen LogP contribution in [0.15, 0.2) is 54.6 Å². The molecule has 4 heteroatoms. The summed E-state index contributed by atoms with van der Waals surface area (Å²) in [6.07, 6.45) is 2.77. The molecule has 1 saturated heterocycles. The summed E-state index contributed by atoms with van der Waals surface area (Å²) in [5.41, 5.74) is 3.62. The van der Waals surface area contributed by atoms with Crippen molar-refractivity contribution in [2.45, 2.75) is 31.4 Å². The van der Waals surface area contributed by atoms with E-state index in [9.17, 15) is 5.11 Å². The summed E-state index contributed by atoms with van der Waals surface area (Å²) in [6, 6.07) is 17.8. The van der Waals surface area contributed by atoms with Gasteiger partial charge in [0.25, 0.3) is 0 Å². The second-order valence-corrected chi connectivity index (χ2v) is 7.06. The molecule has 2 atom stereocenters. The number of nitrogens with one attached hydrogen (secondary N) is 1. The Labute approximate surface area is 152 Å². The summed E-state index contributed by atoms with van der Waals surface area (Å²) in [4.78, 5) is 4.78. The second-order valence-electron chi connectivity index (χ2n) is 6.63. The number of benzene rings is 2. The van der Waals surface area contributed by atoms with E-state index in [0.717, 1.165) is 47.1 Å². The van der Waals surface area contributed by atoms with Crippen LogP contribution in [-0.4, -0.2) is 22.7 Å². The number of aliphatic hydroxyl groups is 1. The molecule has 2 heterocycles. The van der Waals surface area contributed by atoms with Crippen molar-refractivity contribution in [3.63, 3.8) is 0 Å². The molecule has 1 fully saturated rings. The number of aliphatic hydroxyl groups excluding tert-OH is 1. The quantitative estimate of drug-likeness (QED) is 0.716. The van der Waals surface area contributed by atoms with Crippen LogP contribution in [0.1, 0.15) is 30.9 Å². The van der Waals surface area contributed by atoms with E-state index >= 15 is 0 Å². The fourth-order valence-corrected chi connectivity index (χ4v) is 3.80. The molecule has 2 N–H and O–H groups in total. The van der Waals surface area contributed by atoms with Gasteiger partial charge in [0, 0.05) is 22.0 Å². The zero-order valence-electron chi connectivity index (χ0n) is 14.0. The van der Waals surface area contributed by atoms with Crippen LogP contribution in [0.2, 0.25) is 5.02 Å². The second kappa shape index (κ2) is 7.12. The van der Waals surface area contributed by atoms with Gasteiger partial charge < -0.3 is 10.4 Å². The molecule has 3 aromatic rings. The van der Waals surface area contributed by atoms with Gasteiger partial charge in [0.1, 0.15) is 0 Å². The summed E-state index contributed by atoms with van der Waals surface area (Å²) in [5, 5.41) is 16.2. The summed E-state index contributed by atoms with van der Waals surface area (Å²) in [5.74, 6) is 0. The van der Waals surface area contributed by atoms with Crippen molar-refractivity contribution in [1.29, 1.82) is 0 Å². The number of para-hydroxylation sites is 1. The van der Waals surface area contributed by atoms with Crippen LogP contribution in [0.25, 0.3) is 22.2 Å². The van der Waals surface area contributed by atoms with E-state index in [-0.39, 0.29) is 6.04 Å². The van der Waals surface area contributed by atoms with Gasteiger partial charge in [0.2, 0.25) is 0 Å². The number of aromatic nitrogens is 1. The SMILES string of the molecule is O[C@H](c1cc(-c2cccc(Cl)c2)nc2ccccc12)[C@H]1CCCCN1.